The summed E-state index contributed by atoms with van der Waals surface area (Å²) in [5.41, 5.74) is 11.7. The van der Waals surface area contributed by atoms with Crippen molar-refractivity contribution in [3.05, 3.63) is 182 Å². The maximum Gasteiger partial charge on any atom is 0.137 e. The normalized spacial score (nSPS) is 11.5. The van der Waals surface area contributed by atoms with E-state index in [0.717, 1.165) is 70.9 Å². The molecule has 240 valence electrons. The van der Waals surface area contributed by atoms with Crippen molar-refractivity contribution in [2.75, 3.05) is 4.90 Å². The van der Waals surface area contributed by atoms with Crippen molar-refractivity contribution in [1.82, 2.24) is 4.98 Å². The highest BCUT2D eigenvalue weighted by Crippen LogP contribution is 2.45. The van der Waals surface area contributed by atoms with Crippen LogP contribution in [0, 0.1) is 0 Å². The van der Waals surface area contributed by atoms with Gasteiger partial charge in [-0.1, -0.05) is 133 Å². The van der Waals surface area contributed by atoms with Crippen molar-refractivity contribution in [2.45, 2.75) is 0 Å². The molecule has 0 bridgehead atoms. The van der Waals surface area contributed by atoms with Crippen LogP contribution in [0.5, 0.6) is 0 Å². The van der Waals surface area contributed by atoms with Crippen molar-refractivity contribution in [2.24, 2.45) is 0 Å². The highest BCUT2D eigenvalue weighted by atomic mass is 32.1. The minimum atomic E-state index is 0.847. The summed E-state index contributed by atoms with van der Waals surface area (Å²) in [5.74, 6) is 0. The first-order valence-corrected chi connectivity index (χ1v) is 17.9. The Morgan fingerprint density at radius 2 is 1.14 bits per heavy atom. The molecule has 10 aromatic rings. The number of hydrogen-bond acceptors (Lipinski definition) is 4. The maximum absolute atomic E-state index is 6.62. The molecule has 0 unspecified atom stereocenters. The molecule has 0 saturated heterocycles. The molecule has 2 aromatic heterocycles. The van der Waals surface area contributed by atoms with Gasteiger partial charge in [0.2, 0.25) is 0 Å². The number of rotatable bonds is 6. The Balaban J connectivity index is 1.14. The highest BCUT2D eigenvalue weighted by Gasteiger charge is 2.20. The SMILES string of the molecule is c1ccc(-c2nc3ccc4oc5cc(N(c6ccc(-c7cccc8ccccc78)cc6)c6ccccc6-c6ccccc6)ccc5c4c3s2)cc1. The minimum Gasteiger partial charge on any atom is -0.456 e. The number of nitrogens with zero attached hydrogens (tertiary/aromatic N) is 2. The second-order valence-electron chi connectivity index (χ2n) is 12.7. The van der Waals surface area contributed by atoms with E-state index in [1.54, 1.807) is 11.3 Å². The Hall–Kier alpha value is -6.49. The van der Waals surface area contributed by atoms with Gasteiger partial charge in [0, 0.05) is 39.3 Å². The standard InChI is InChI=1S/C47H30N2OS/c1-3-12-32(13-4-1)39-19-9-10-21-42(39)49(35-24-22-33(23-25-35)38-20-11-17-31-14-7-8-18-37(31)38)36-26-27-40-44(30-36)50-43-29-28-41-46(45(40)43)51-47(48-41)34-15-5-2-6-16-34/h1-30H. The fourth-order valence-electron chi connectivity index (χ4n) is 7.30. The van der Waals surface area contributed by atoms with Gasteiger partial charge in [-0.2, -0.15) is 0 Å². The van der Waals surface area contributed by atoms with Gasteiger partial charge in [-0.3, -0.25) is 0 Å². The van der Waals surface area contributed by atoms with E-state index in [1.165, 1.54) is 21.9 Å². The van der Waals surface area contributed by atoms with E-state index in [1.807, 2.05) is 6.07 Å². The van der Waals surface area contributed by atoms with E-state index >= 15 is 0 Å². The van der Waals surface area contributed by atoms with Crippen LogP contribution in [0.1, 0.15) is 0 Å². The zero-order valence-corrected chi connectivity index (χ0v) is 28.3. The second-order valence-corrected chi connectivity index (χ2v) is 13.7. The fourth-order valence-corrected chi connectivity index (χ4v) is 8.42. The first-order valence-electron chi connectivity index (χ1n) is 17.1. The average Bonchev–Trinajstić information content (AvgIpc) is 3.81. The highest BCUT2D eigenvalue weighted by molar-refractivity contribution is 7.22. The summed E-state index contributed by atoms with van der Waals surface area (Å²) >= 11 is 1.72. The number of anilines is 3. The number of para-hydroxylation sites is 1. The molecule has 0 radical (unpaired) electrons. The van der Waals surface area contributed by atoms with Crippen LogP contribution < -0.4 is 4.90 Å². The molecule has 0 aliphatic carbocycles. The average molecular weight is 671 g/mol. The molecule has 0 fully saturated rings. The zero-order chi connectivity index (χ0) is 33.7. The van der Waals surface area contributed by atoms with E-state index in [-0.39, 0.29) is 0 Å². The zero-order valence-electron chi connectivity index (χ0n) is 27.5. The lowest BCUT2D eigenvalue weighted by atomic mass is 9.97. The van der Waals surface area contributed by atoms with E-state index in [9.17, 15) is 0 Å². The molecule has 3 nitrogen and oxygen atoms in total. The molecule has 0 atom stereocenters. The van der Waals surface area contributed by atoms with E-state index in [0.29, 0.717) is 0 Å². The lowest BCUT2D eigenvalue weighted by molar-refractivity contribution is 0.669. The van der Waals surface area contributed by atoms with Crippen LogP contribution in [0.4, 0.5) is 17.1 Å². The van der Waals surface area contributed by atoms with Crippen LogP contribution in [-0.2, 0) is 0 Å². The van der Waals surface area contributed by atoms with Crippen molar-refractivity contribution in [1.29, 1.82) is 0 Å². The Bertz CT molecular complexity index is 2850. The quantitative estimate of drug-likeness (QED) is 0.176. The molecular formula is C47H30N2OS. The molecule has 0 aliphatic rings. The predicted octanol–water partition coefficient (Wildman–Crippen LogP) is 13.8. The third-order valence-electron chi connectivity index (χ3n) is 9.71. The number of benzene rings is 8. The first kappa shape index (κ1) is 29.4. The number of furan rings is 1. The van der Waals surface area contributed by atoms with Gasteiger partial charge in [0.1, 0.15) is 16.2 Å². The van der Waals surface area contributed by atoms with Gasteiger partial charge in [-0.25, -0.2) is 4.98 Å². The van der Waals surface area contributed by atoms with Gasteiger partial charge in [-0.05, 0) is 69.9 Å². The molecule has 8 aromatic carbocycles. The molecule has 0 aliphatic heterocycles. The molecule has 0 N–H and O–H groups in total. The summed E-state index contributed by atoms with van der Waals surface area (Å²) < 4.78 is 7.77. The topological polar surface area (TPSA) is 29.3 Å². The molecule has 4 heteroatoms. The van der Waals surface area contributed by atoms with Gasteiger partial charge in [0.15, 0.2) is 0 Å². The van der Waals surface area contributed by atoms with Crippen molar-refractivity contribution >= 4 is 71.3 Å². The minimum absolute atomic E-state index is 0.847. The Morgan fingerprint density at radius 1 is 0.471 bits per heavy atom. The summed E-state index contributed by atoms with van der Waals surface area (Å²) in [6.07, 6.45) is 0. The second kappa shape index (κ2) is 12.1. The summed E-state index contributed by atoms with van der Waals surface area (Å²) in [5, 5.41) is 5.71. The van der Waals surface area contributed by atoms with E-state index in [2.05, 4.69) is 181 Å². The molecule has 0 saturated carbocycles. The van der Waals surface area contributed by atoms with Gasteiger partial charge in [0.25, 0.3) is 0 Å². The van der Waals surface area contributed by atoms with Crippen molar-refractivity contribution in [3.63, 3.8) is 0 Å². The monoisotopic (exact) mass is 670 g/mol. The summed E-state index contributed by atoms with van der Waals surface area (Å²) in [4.78, 5) is 7.34. The number of thiazole rings is 1. The number of fused-ring (bicyclic) bond motifs is 6. The summed E-state index contributed by atoms with van der Waals surface area (Å²) in [6.45, 7) is 0. The van der Waals surface area contributed by atoms with Gasteiger partial charge in [-0.15, -0.1) is 11.3 Å². The molecule has 2 heterocycles. The summed E-state index contributed by atoms with van der Waals surface area (Å²) in [7, 11) is 0. The molecule has 0 amide bonds. The fraction of sp³-hybridized carbons (Fsp3) is 0. The summed E-state index contributed by atoms with van der Waals surface area (Å²) in [6, 6.07) is 64.4. The Morgan fingerprint density at radius 3 is 1.98 bits per heavy atom. The van der Waals surface area contributed by atoms with Gasteiger partial charge in [0.05, 0.1) is 15.9 Å². The van der Waals surface area contributed by atoms with Crippen LogP contribution in [0.3, 0.4) is 0 Å². The molecule has 10 rings (SSSR count). The smallest absolute Gasteiger partial charge is 0.137 e. The van der Waals surface area contributed by atoms with Gasteiger partial charge >= 0.3 is 0 Å². The molecule has 51 heavy (non-hydrogen) atoms. The van der Waals surface area contributed by atoms with E-state index in [4.69, 9.17) is 9.40 Å². The van der Waals surface area contributed by atoms with Crippen LogP contribution in [0.2, 0.25) is 0 Å². The number of aromatic nitrogens is 1. The van der Waals surface area contributed by atoms with Gasteiger partial charge < -0.3 is 9.32 Å². The number of hydrogen-bond donors (Lipinski definition) is 0. The van der Waals surface area contributed by atoms with Crippen molar-refractivity contribution in [3.8, 4) is 32.8 Å². The largest absolute Gasteiger partial charge is 0.456 e. The molecule has 0 spiro atoms. The van der Waals surface area contributed by atoms with E-state index < -0.39 is 0 Å². The van der Waals surface area contributed by atoms with Crippen LogP contribution in [0.15, 0.2) is 186 Å². The lowest BCUT2D eigenvalue weighted by Crippen LogP contribution is -2.11. The van der Waals surface area contributed by atoms with Crippen LogP contribution >= 0.6 is 11.3 Å². The molecular weight excluding hydrogens is 641 g/mol. The Labute approximate surface area is 299 Å². The first-order chi connectivity index (χ1) is 25.3. The van der Waals surface area contributed by atoms with Crippen LogP contribution in [0.25, 0.3) is 75.8 Å². The maximum atomic E-state index is 6.62. The Kier molecular flexibility index (Phi) is 7.00. The predicted molar refractivity (Wildman–Crippen MR) is 215 cm³/mol. The van der Waals surface area contributed by atoms with Crippen LogP contribution in [-0.4, -0.2) is 4.98 Å². The van der Waals surface area contributed by atoms with Crippen molar-refractivity contribution < 1.29 is 4.42 Å². The third-order valence-corrected chi connectivity index (χ3v) is 10.8. The third kappa shape index (κ3) is 5.08. The lowest BCUT2D eigenvalue weighted by Gasteiger charge is -2.28.